The monoisotopic (exact) mass is 383 g/mol. The Morgan fingerprint density at radius 3 is 2.48 bits per heavy atom. The van der Waals surface area contributed by atoms with Crippen LogP contribution in [0, 0.1) is 6.92 Å². The van der Waals surface area contributed by atoms with Crippen LogP contribution in [-0.2, 0) is 4.79 Å². The van der Waals surface area contributed by atoms with Gasteiger partial charge in [-0.2, -0.15) is 5.10 Å². The van der Waals surface area contributed by atoms with Crippen molar-refractivity contribution < 1.29 is 4.79 Å². The van der Waals surface area contributed by atoms with Crippen LogP contribution >= 0.6 is 11.6 Å². The van der Waals surface area contributed by atoms with Crippen molar-refractivity contribution in [3.8, 4) is 0 Å². The molecule has 0 bridgehead atoms. The van der Waals surface area contributed by atoms with Crippen molar-refractivity contribution in [1.82, 2.24) is 9.91 Å². The Balaban J connectivity index is 1.96. The van der Waals surface area contributed by atoms with Crippen molar-refractivity contribution in [3.05, 3.63) is 70.2 Å². The van der Waals surface area contributed by atoms with Crippen LogP contribution in [0.5, 0.6) is 0 Å². The van der Waals surface area contributed by atoms with E-state index in [1.54, 1.807) is 5.01 Å². The first-order valence-electron chi connectivity index (χ1n) is 9.47. The molecule has 1 amide bonds. The second kappa shape index (κ2) is 8.68. The number of carbonyl (C=O) groups is 1. The maximum absolute atomic E-state index is 13.1. The number of carbonyl (C=O) groups excluding carboxylic acids is 1. The van der Waals surface area contributed by atoms with Crippen LogP contribution in [-0.4, -0.2) is 41.2 Å². The van der Waals surface area contributed by atoms with E-state index >= 15 is 0 Å². The van der Waals surface area contributed by atoms with E-state index < -0.39 is 0 Å². The molecular weight excluding hydrogens is 358 g/mol. The first-order valence-corrected chi connectivity index (χ1v) is 9.85. The van der Waals surface area contributed by atoms with Crippen molar-refractivity contribution >= 4 is 23.2 Å². The Morgan fingerprint density at radius 1 is 1.15 bits per heavy atom. The van der Waals surface area contributed by atoms with Crippen LogP contribution in [0.1, 0.15) is 43.0 Å². The third kappa shape index (κ3) is 4.23. The molecule has 142 valence electrons. The highest BCUT2D eigenvalue weighted by Gasteiger charge is 2.34. The maximum atomic E-state index is 13.1. The predicted molar refractivity (Wildman–Crippen MR) is 111 cm³/mol. The van der Waals surface area contributed by atoms with Gasteiger partial charge in [0.2, 0.25) is 0 Å². The minimum atomic E-state index is -0.0967. The number of aryl methyl sites for hydroxylation is 1. The van der Waals surface area contributed by atoms with Gasteiger partial charge in [0, 0.05) is 17.0 Å². The zero-order valence-electron chi connectivity index (χ0n) is 16.2. The quantitative estimate of drug-likeness (QED) is 0.726. The molecule has 4 nitrogen and oxygen atoms in total. The summed E-state index contributed by atoms with van der Waals surface area (Å²) in [6, 6.07) is 15.8. The van der Waals surface area contributed by atoms with E-state index in [9.17, 15) is 4.79 Å². The van der Waals surface area contributed by atoms with Crippen LogP contribution in [0.15, 0.2) is 53.6 Å². The molecule has 0 aliphatic carbocycles. The van der Waals surface area contributed by atoms with Gasteiger partial charge >= 0.3 is 0 Å². The Labute approximate surface area is 166 Å². The van der Waals surface area contributed by atoms with Crippen molar-refractivity contribution in [2.24, 2.45) is 5.10 Å². The summed E-state index contributed by atoms with van der Waals surface area (Å²) in [5.41, 5.74) is 4.06. The van der Waals surface area contributed by atoms with Crippen molar-refractivity contribution in [1.29, 1.82) is 0 Å². The minimum Gasteiger partial charge on any atom is -0.295 e. The highest BCUT2D eigenvalue weighted by molar-refractivity contribution is 6.34. The van der Waals surface area contributed by atoms with Crippen LogP contribution in [0.3, 0.4) is 0 Å². The number of hydrazone groups is 1. The first-order chi connectivity index (χ1) is 13.0. The van der Waals surface area contributed by atoms with Gasteiger partial charge in [0.05, 0.1) is 18.3 Å². The van der Waals surface area contributed by atoms with Gasteiger partial charge in [-0.25, -0.2) is 5.01 Å². The third-order valence-corrected chi connectivity index (χ3v) is 5.48. The normalized spacial score (nSPS) is 16.7. The largest absolute Gasteiger partial charge is 0.295 e. The molecule has 0 spiro atoms. The van der Waals surface area contributed by atoms with Crippen LogP contribution in [0.4, 0.5) is 0 Å². The van der Waals surface area contributed by atoms with E-state index in [0.29, 0.717) is 18.0 Å². The highest BCUT2D eigenvalue weighted by atomic mass is 35.5. The van der Waals surface area contributed by atoms with Gasteiger partial charge in [-0.1, -0.05) is 67.9 Å². The fourth-order valence-electron chi connectivity index (χ4n) is 3.51. The number of likely N-dealkylation sites (N-methyl/N-ethyl adjacent to an activating group) is 1. The Hall–Kier alpha value is -2.17. The number of hydrogen-bond acceptors (Lipinski definition) is 3. The molecule has 3 rings (SSSR count). The standard InChI is InChI=1S/C22H26ClN3O/c1-4-25(5-2)15-22(27)26-21(17-11-7-6-10-16(17)3)14-20(24-26)18-12-8-9-13-19(18)23/h6-13,21H,4-5,14-15H2,1-3H3. The first kappa shape index (κ1) is 19.6. The van der Waals surface area contributed by atoms with Gasteiger partial charge in [-0.15, -0.1) is 0 Å². The van der Waals surface area contributed by atoms with Crippen molar-refractivity contribution in [3.63, 3.8) is 0 Å². The van der Waals surface area contributed by atoms with Gasteiger partial charge in [0.25, 0.3) is 5.91 Å². The number of nitrogens with zero attached hydrogens (tertiary/aromatic N) is 3. The zero-order valence-corrected chi connectivity index (χ0v) is 16.9. The van der Waals surface area contributed by atoms with E-state index in [0.717, 1.165) is 29.9 Å². The van der Waals surface area contributed by atoms with E-state index in [1.807, 2.05) is 36.4 Å². The highest BCUT2D eigenvalue weighted by Crippen LogP contribution is 2.35. The van der Waals surface area contributed by atoms with E-state index in [1.165, 1.54) is 5.56 Å². The van der Waals surface area contributed by atoms with E-state index in [4.69, 9.17) is 16.7 Å². The van der Waals surface area contributed by atoms with Gasteiger partial charge in [-0.3, -0.25) is 9.69 Å². The van der Waals surface area contributed by atoms with Crippen LogP contribution < -0.4 is 0 Å². The molecule has 0 saturated carbocycles. The summed E-state index contributed by atoms with van der Waals surface area (Å²) < 4.78 is 0. The van der Waals surface area contributed by atoms with Gasteiger partial charge in [0.1, 0.15) is 0 Å². The summed E-state index contributed by atoms with van der Waals surface area (Å²) in [6.45, 7) is 8.26. The molecule has 0 aromatic heterocycles. The number of rotatable bonds is 6. The number of amides is 1. The summed E-state index contributed by atoms with van der Waals surface area (Å²) in [7, 11) is 0. The molecule has 1 aliphatic heterocycles. The summed E-state index contributed by atoms with van der Waals surface area (Å²) in [5.74, 6) is 0.0222. The van der Waals surface area contributed by atoms with Crippen molar-refractivity contribution in [2.45, 2.75) is 33.2 Å². The number of hydrogen-bond donors (Lipinski definition) is 0. The summed E-state index contributed by atoms with van der Waals surface area (Å²) in [6.07, 6.45) is 0.665. The zero-order chi connectivity index (χ0) is 19.4. The molecule has 1 atom stereocenters. The Morgan fingerprint density at radius 2 is 1.81 bits per heavy atom. The molecule has 1 unspecified atom stereocenters. The van der Waals surface area contributed by atoms with Crippen molar-refractivity contribution in [2.75, 3.05) is 19.6 Å². The fourth-order valence-corrected chi connectivity index (χ4v) is 3.76. The second-order valence-corrected chi connectivity index (χ2v) is 7.21. The number of halogens is 1. The molecule has 1 aliphatic rings. The molecule has 0 N–H and O–H groups in total. The van der Waals surface area contributed by atoms with E-state index in [-0.39, 0.29) is 11.9 Å². The lowest BCUT2D eigenvalue weighted by molar-refractivity contribution is -0.134. The molecule has 27 heavy (non-hydrogen) atoms. The maximum Gasteiger partial charge on any atom is 0.257 e. The van der Waals surface area contributed by atoms with E-state index in [2.05, 4.69) is 37.8 Å². The SMILES string of the molecule is CCN(CC)CC(=O)N1N=C(c2ccccc2Cl)CC1c1ccccc1C. The molecule has 0 saturated heterocycles. The predicted octanol–water partition coefficient (Wildman–Crippen LogP) is 4.67. The van der Waals surface area contributed by atoms with Gasteiger partial charge in [-0.05, 0) is 37.2 Å². The third-order valence-electron chi connectivity index (χ3n) is 5.15. The smallest absolute Gasteiger partial charge is 0.257 e. The lowest BCUT2D eigenvalue weighted by Crippen LogP contribution is -2.38. The van der Waals surface area contributed by atoms with Crippen LogP contribution in [0.2, 0.25) is 5.02 Å². The molecule has 5 heteroatoms. The number of benzene rings is 2. The topological polar surface area (TPSA) is 35.9 Å². The van der Waals surface area contributed by atoms with Crippen LogP contribution in [0.25, 0.3) is 0 Å². The molecule has 2 aromatic carbocycles. The Bertz CT molecular complexity index is 845. The molecule has 2 aromatic rings. The molecule has 1 heterocycles. The average molecular weight is 384 g/mol. The lowest BCUT2D eigenvalue weighted by Gasteiger charge is -2.26. The molecule has 0 radical (unpaired) electrons. The fraction of sp³-hybridized carbons (Fsp3) is 0.364. The van der Waals surface area contributed by atoms with Gasteiger partial charge < -0.3 is 0 Å². The summed E-state index contributed by atoms with van der Waals surface area (Å²) in [4.78, 5) is 15.2. The summed E-state index contributed by atoms with van der Waals surface area (Å²) in [5, 5.41) is 7.06. The lowest BCUT2D eigenvalue weighted by atomic mass is 9.95. The molecule has 0 fully saturated rings. The van der Waals surface area contributed by atoms with Gasteiger partial charge in [0.15, 0.2) is 0 Å². The average Bonchev–Trinajstić information content (AvgIpc) is 3.11. The summed E-state index contributed by atoms with van der Waals surface area (Å²) >= 11 is 6.39. The Kier molecular flexibility index (Phi) is 6.30. The minimum absolute atomic E-state index is 0.0222. The molecular formula is C22H26ClN3O. The second-order valence-electron chi connectivity index (χ2n) is 6.80.